The van der Waals surface area contributed by atoms with Gasteiger partial charge in [0.25, 0.3) is 5.91 Å². The van der Waals surface area contributed by atoms with E-state index in [-0.39, 0.29) is 36.3 Å². The van der Waals surface area contributed by atoms with Gasteiger partial charge in [-0.1, -0.05) is 6.07 Å². The summed E-state index contributed by atoms with van der Waals surface area (Å²) in [5.41, 5.74) is 3.70. The molecule has 2 aromatic rings. The van der Waals surface area contributed by atoms with Crippen LogP contribution < -0.4 is 5.73 Å². The molecule has 3 aliphatic carbocycles. The predicted molar refractivity (Wildman–Crippen MR) is 138 cm³/mol. The molecule has 5 rings (SSSR count). The number of methoxy groups -OCH3 is 1. The number of primary amides is 1. The molecule has 1 aromatic carbocycles. The first-order chi connectivity index (χ1) is 18.4. The zero-order chi connectivity index (χ0) is 28.4. The van der Waals surface area contributed by atoms with Crippen LogP contribution in [-0.4, -0.2) is 80.6 Å². The van der Waals surface area contributed by atoms with Gasteiger partial charge in [0.05, 0.1) is 23.9 Å². The van der Waals surface area contributed by atoms with Crippen molar-refractivity contribution in [3.63, 3.8) is 0 Å². The summed E-state index contributed by atoms with van der Waals surface area (Å²) in [6.07, 6.45) is 1.79. The Morgan fingerprint density at radius 2 is 1.95 bits per heavy atom. The van der Waals surface area contributed by atoms with Crippen molar-refractivity contribution in [3.05, 3.63) is 64.1 Å². The van der Waals surface area contributed by atoms with Gasteiger partial charge >= 0.3 is 0 Å². The van der Waals surface area contributed by atoms with Gasteiger partial charge < -0.3 is 30.9 Å². The van der Waals surface area contributed by atoms with Gasteiger partial charge in [0, 0.05) is 35.9 Å². The lowest BCUT2D eigenvalue weighted by Crippen LogP contribution is -2.65. The van der Waals surface area contributed by atoms with Crippen LogP contribution in [0.4, 0.5) is 0 Å². The van der Waals surface area contributed by atoms with Crippen molar-refractivity contribution in [3.8, 4) is 17.0 Å². The van der Waals surface area contributed by atoms with Crippen LogP contribution in [0.5, 0.6) is 5.75 Å². The van der Waals surface area contributed by atoms with E-state index in [4.69, 9.17) is 10.5 Å². The third-order valence-electron chi connectivity index (χ3n) is 8.04. The number of amides is 1. The highest BCUT2D eigenvalue weighted by molar-refractivity contribution is 6.24. The molecular formula is C28H29N3O8. The zero-order valence-electron chi connectivity index (χ0n) is 21.6. The number of nitrogens with zero attached hydrogens (tertiary/aromatic N) is 2. The Bertz CT molecular complexity index is 1480. The largest absolute Gasteiger partial charge is 0.508 e. The van der Waals surface area contributed by atoms with Crippen LogP contribution in [0.15, 0.2) is 47.4 Å². The number of fused-ring (bicyclic) bond motifs is 3. The van der Waals surface area contributed by atoms with Gasteiger partial charge in [0.1, 0.15) is 22.8 Å². The Morgan fingerprint density at radius 1 is 1.23 bits per heavy atom. The Balaban J connectivity index is 1.78. The highest BCUT2D eigenvalue weighted by atomic mass is 16.5. The quantitative estimate of drug-likeness (QED) is 0.348. The normalized spacial score (nSPS) is 26.4. The molecule has 0 radical (unpaired) electrons. The first-order valence-corrected chi connectivity index (χ1v) is 12.4. The highest BCUT2D eigenvalue weighted by Crippen LogP contribution is 2.54. The molecule has 0 spiro atoms. The Morgan fingerprint density at radius 3 is 2.54 bits per heavy atom. The van der Waals surface area contributed by atoms with E-state index in [1.165, 1.54) is 12.0 Å². The number of hydrogen-bond donors (Lipinski definition) is 5. The molecule has 11 nitrogen and oxygen atoms in total. The number of rotatable bonds is 5. The maximum Gasteiger partial charge on any atom is 0.255 e. The molecule has 3 aliphatic rings. The number of hydrogen-bond acceptors (Lipinski definition) is 10. The van der Waals surface area contributed by atoms with Crippen molar-refractivity contribution < 1.29 is 39.5 Å². The third-order valence-corrected chi connectivity index (χ3v) is 8.04. The number of phenolic OH excluding ortho intramolecular Hbond substituents is 1. The van der Waals surface area contributed by atoms with Crippen molar-refractivity contribution in [1.29, 1.82) is 0 Å². The molecule has 0 saturated heterocycles. The fourth-order valence-electron chi connectivity index (χ4n) is 6.38. The number of aliphatic hydroxyl groups is 3. The lowest BCUT2D eigenvalue weighted by molar-refractivity contribution is -0.153. The smallest absolute Gasteiger partial charge is 0.255 e. The standard InChI is InChI=1S/C28H29N3O8/c1-31(2)21-16-10-12-8-15-14(17-6-4-5-7-30-17)9-13(11-39-3)22(32)19(15)23(33)18(12)25(35)28(16,38)26(36)20(24(21)34)27(29)37/h4-7,9,12,16,21,32-33,36,38H,8,10-11H2,1-3H3,(H2,29,37)/t12-,16-,21+,28-/m0/s1. The molecule has 0 bridgehead atoms. The Kier molecular flexibility index (Phi) is 6.33. The molecule has 0 unspecified atom stereocenters. The van der Waals surface area contributed by atoms with Gasteiger partial charge in [-0.05, 0) is 56.6 Å². The molecule has 39 heavy (non-hydrogen) atoms. The van der Waals surface area contributed by atoms with E-state index in [1.54, 1.807) is 44.6 Å². The molecule has 204 valence electrons. The van der Waals surface area contributed by atoms with Gasteiger partial charge in [-0.25, -0.2) is 0 Å². The third kappa shape index (κ3) is 3.68. The van der Waals surface area contributed by atoms with E-state index in [2.05, 4.69) is 4.98 Å². The maximum absolute atomic E-state index is 14.0. The van der Waals surface area contributed by atoms with Crippen LogP contribution in [0.25, 0.3) is 17.0 Å². The first-order valence-electron chi connectivity index (χ1n) is 12.4. The zero-order valence-corrected chi connectivity index (χ0v) is 21.6. The molecule has 4 atom stereocenters. The summed E-state index contributed by atoms with van der Waals surface area (Å²) in [5, 5.41) is 45.4. The van der Waals surface area contributed by atoms with Gasteiger partial charge in [-0.3, -0.25) is 24.3 Å². The van der Waals surface area contributed by atoms with Crippen LogP contribution in [0.3, 0.4) is 0 Å². The molecule has 1 fully saturated rings. The summed E-state index contributed by atoms with van der Waals surface area (Å²) in [6.45, 7) is 0.00305. The molecule has 1 saturated carbocycles. The molecule has 1 amide bonds. The number of carbonyl (C=O) groups excluding carboxylic acids is 3. The van der Waals surface area contributed by atoms with Crippen LogP contribution in [0, 0.1) is 11.8 Å². The molecule has 1 aromatic heterocycles. The fourth-order valence-corrected chi connectivity index (χ4v) is 6.38. The topological polar surface area (TPSA) is 184 Å². The van der Waals surface area contributed by atoms with Gasteiger partial charge in [-0.15, -0.1) is 0 Å². The van der Waals surface area contributed by atoms with Crippen molar-refractivity contribution in [1.82, 2.24) is 9.88 Å². The number of ketones is 2. The summed E-state index contributed by atoms with van der Waals surface area (Å²) in [5.74, 6) is -6.92. The van der Waals surface area contributed by atoms with E-state index in [0.717, 1.165) is 0 Å². The van der Waals surface area contributed by atoms with E-state index in [1.807, 2.05) is 0 Å². The van der Waals surface area contributed by atoms with Crippen LogP contribution in [-0.2, 0) is 32.1 Å². The van der Waals surface area contributed by atoms with E-state index in [9.17, 15) is 34.8 Å². The number of aromatic hydroxyl groups is 1. The van der Waals surface area contributed by atoms with E-state index >= 15 is 0 Å². The van der Waals surface area contributed by atoms with Crippen LogP contribution >= 0.6 is 0 Å². The van der Waals surface area contributed by atoms with Crippen molar-refractivity contribution >= 4 is 23.2 Å². The number of likely N-dealkylation sites (N-methyl/N-ethyl adjacent to an activating group) is 1. The molecular weight excluding hydrogens is 506 g/mol. The second-order valence-electron chi connectivity index (χ2n) is 10.4. The van der Waals surface area contributed by atoms with Gasteiger partial charge in [-0.2, -0.15) is 0 Å². The number of carbonyl (C=O) groups is 3. The van der Waals surface area contributed by atoms with E-state index < -0.39 is 58.0 Å². The molecule has 6 N–H and O–H groups in total. The summed E-state index contributed by atoms with van der Waals surface area (Å²) >= 11 is 0. The average Bonchev–Trinajstić information content (AvgIpc) is 2.88. The second kappa shape index (κ2) is 9.30. The summed E-state index contributed by atoms with van der Waals surface area (Å²) in [6, 6.07) is 5.91. The number of Topliss-reactive ketones (excluding diaryl/α,β-unsaturated/α-hetero) is 2. The Hall–Kier alpha value is -4.06. The number of pyridine rings is 1. The Labute approximate surface area is 223 Å². The maximum atomic E-state index is 14.0. The predicted octanol–water partition coefficient (Wildman–Crippen LogP) is 1.17. The number of ether oxygens (including phenoxy) is 1. The number of aromatic nitrogens is 1. The van der Waals surface area contributed by atoms with E-state index in [0.29, 0.717) is 22.4 Å². The summed E-state index contributed by atoms with van der Waals surface area (Å²) in [4.78, 5) is 45.3. The minimum absolute atomic E-state index is 0.00138. The molecule has 1 heterocycles. The van der Waals surface area contributed by atoms with Gasteiger partial charge in [0.2, 0.25) is 5.78 Å². The minimum Gasteiger partial charge on any atom is -0.508 e. The van der Waals surface area contributed by atoms with Crippen molar-refractivity contribution in [2.75, 3.05) is 21.2 Å². The number of benzene rings is 1. The lowest BCUT2D eigenvalue weighted by atomic mass is 9.57. The second-order valence-corrected chi connectivity index (χ2v) is 10.4. The SMILES string of the molecule is COCc1cc(-c2ccccn2)c2c(c1O)C(O)=C1C(=O)[C@]3(O)C(O)=C(C(N)=O)C(=O)[C@H](N(C)C)[C@@H]3C[C@@H]1C2. The number of nitrogens with two attached hydrogens (primary N) is 1. The number of aliphatic hydroxyl groups excluding tert-OH is 2. The lowest BCUT2D eigenvalue weighted by Gasteiger charge is -2.50. The fraction of sp³-hybridized carbons (Fsp3) is 0.357. The molecule has 0 aliphatic heterocycles. The molecule has 11 heteroatoms. The minimum atomic E-state index is -2.69. The summed E-state index contributed by atoms with van der Waals surface area (Å²) in [7, 11) is 4.56. The number of phenols is 1. The monoisotopic (exact) mass is 535 g/mol. The highest BCUT2D eigenvalue weighted by Gasteiger charge is 2.64. The summed E-state index contributed by atoms with van der Waals surface area (Å²) < 4.78 is 5.23. The average molecular weight is 536 g/mol. The van der Waals surface area contributed by atoms with Gasteiger partial charge in [0.15, 0.2) is 11.4 Å². The van der Waals surface area contributed by atoms with Crippen molar-refractivity contribution in [2.45, 2.75) is 31.1 Å². The van der Waals surface area contributed by atoms with Crippen molar-refractivity contribution in [2.24, 2.45) is 17.6 Å². The van der Waals surface area contributed by atoms with Crippen LogP contribution in [0.2, 0.25) is 0 Å². The van der Waals surface area contributed by atoms with Crippen LogP contribution in [0.1, 0.15) is 23.1 Å². The first kappa shape index (κ1) is 26.5.